The van der Waals surface area contributed by atoms with Crippen LogP contribution in [0.3, 0.4) is 0 Å². The summed E-state index contributed by atoms with van der Waals surface area (Å²) in [5.41, 5.74) is 32.1. The average Bonchev–Trinajstić information content (AvgIpc) is 2.55. The number of nitrogens with one attached hydrogen (secondary N) is 11. The summed E-state index contributed by atoms with van der Waals surface area (Å²) in [6, 6.07) is 2.09. The Morgan fingerprint density at radius 2 is 1.01 bits per heavy atom. The summed E-state index contributed by atoms with van der Waals surface area (Å²) in [6.07, 6.45) is 0.523. The summed E-state index contributed by atoms with van der Waals surface area (Å²) >= 11 is 0. The molecule has 29 heteroatoms. The van der Waals surface area contributed by atoms with Gasteiger partial charge in [-0.05, 0) is 127 Å². The van der Waals surface area contributed by atoms with Gasteiger partial charge in [-0.1, -0.05) is 101 Å². The zero-order chi connectivity index (χ0) is 67.6. The molecule has 23 N–H and O–H groups in total. The van der Waals surface area contributed by atoms with Gasteiger partial charge in [0.05, 0.1) is 12.2 Å². The van der Waals surface area contributed by atoms with Gasteiger partial charge in [0.2, 0.25) is 65.0 Å². The van der Waals surface area contributed by atoms with Crippen LogP contribution in [0.4, 0.5) is 0 Å². The molecule has 3 rings (SSSR count). The maximum Gasteiger partial charge on any atom is 0.245 e. The van der Waals surface area contributed by atoms with E-state index in [1.165, 1.54) is 13.8 Å². The molecule has 0 bridgehead atoms. The van der Waals surface area contributed by atoms with Gasteiger partial charge in [-0.25, -0.2) is 0 Å². The number of hydrogen-bond acceptors (Lipinski definition) is 18. The fourth-order valence-electron chi connectivity index (χ4n) is 10.0. The molecule has 12 atom stereocenters. The van der Waals surface area contributed by atoms with E-state index in [1.54, 1.807) is 26.0 Å². The third kappa shape index (κ3) is 27.8. The molecule has 1 fully saturated rings. The lowest BCUT2D eigenvalue weighted by Gasteiger charge is -2.29. The molecule has 29 nitrogen and oxygen atoms in total. The molecular weight excluding hydrogens is 1180 g/mol. The first kappa shape index (κ1) is 77.6. The number of aliphatic hydroxyl groups is 2. The molecule has 0 spiro atoms. The van der Waals surface area contributed by atoms with Crippen molar-refractivity contribution < 1.29 is 63.0 Å². The number of carbonyl (C=O) groups excluding carboxylic acids is 11. The predicted octanol–water partition coefficient (Wildman–Crippen LogP) is -3.90. The van der Waals surface area contributed by atoms with Gasteiger partial charge in [-0.2, -0.15) is 0 Å². The van der Waals surface area contributed by atoms with Crippen LogP contribution < -0.4 is 87.2 Å². The van der Waals surface area contributed by atoms with Crippen molar-refractivity contribution >= 4 is 65.0 Å². The van der Waals surface area contributed by atoms with Crippen LogP contribution in [0, 0.1) is 5.92 Å². The lowest BCUT2D eigenvalue weighted by Crippen LogP contribution is -2.62. The Morgan fingerprint density at radius 1 is 0.527 bits per heavy atom. The van der Waals surface area contributed by atoms with E-state index in [2.05, 4.69) is 65.4 Å². The number of hydrogen-bond donors (Lipinski definition) is 18. The second-order valence-electron chi connectivity index (χ2n) is 23.4. The fraction of sp³-hybridized carbons (Fsp3) is 0.629. The van der Waals surface area contributed by atoms with Gasteiger partial charge in [0.1, 0.15) is 60.4 Å². The molecule has 11 amide bonds. The molecule has 91 heavy (non-hydrogen) atoms. The van der Waals surface area contributed by atoms with Gasteiger partial charge >= 0.3 is 0 Å². The minimum absolute atomic E-state index is 0.0177. The number of amides is 11. The van der Waals surface area contributed by atoms with Crippen molar-refractivity contribution in [1.82, 2.24) is 58.5 Å². The highest BCUT2D eigenvalue weighted by Gasteiger charge is 2.38. The topological polar surface area (TPSA) is 491 Å². The van der Waals surface area contributed by atoms with Crippen LogP contribution in [0.2, 0.25) is 0 Å². The first-order valence-corrected chi connectivity index (χ1v) is 31.7. The van der Waals surface area contributed by atoms with E-state index in [9.17, 15) is 63.0 Å². The Bertz CT molecular complexity index is 2650. The van der Waals surface area contributed by atoms with Crippen LogP contribution >= 0.6 is 0 Å². The summed E-state index contributed by atoms with van der Waals surface area (Å²) in [5.74, 6) is -9.99. The van der Waals surface area contributed by atoms with Crippen molar-refractivity contribution in [3.63, 3.8) is 0 Å². The Hall–Kier alpha value is -7.67. The zero-order valence-electron chi connectivity index (χ0n) is 53.3. The quantitative estimate of drug-likeness (QED) is 0.0321. The number of unbranched alkanes of at least 4 members (excludes halogenated alkanes) is 4. The van der Waals surface area contributed by atoms with Crippen molar-refractivity contribution in [2.45, 2.75) is 204 Å². The molecule has 0 unspecified atom stereocenters. The number of aliphatic hydroxyl groups excluding tert-OH is 2. The molecule has 1 aliphatic rings. The first-order chi connectivity index (χ1) is 43.4. The Kier molecular flexibility index (Phi) is 35.5. The van der Waals surface area contributed by atoms with Crippen molar-refractivity contribution in [1.29, 1.82) is 0 Å². The van der Waals surface area contributed by atoms with Crippen molar-refractivity contribution in [2.75, 3.05) is 39.3 Å². The first-order valence-electron chi connectivity index (χ1n) is 31.7. The second kappa shape index (κ2) is 41.7. The van der Waals surface area contributed by atoms with E-state index < -0.39 is 151 Å². The largest absolute Gasteiger partial charge is 0.391 e. The van der Waals surface area contributed by atoms with E-state index >= 15 is 0 Å². The second-order valence-corrected chi connectivity index (χ2v) is 23.4. The Labute approximate surface area is 533 Å². The van der Waals surface area contributed by atoms with E-state index in [-0.39, 0.29) is 90.0 Å². The zero-order valence-corrected chi connectivity index (χ0v) is 53.3. The predicted molar refractivity (Wildman–Crippen MR) is 341 cm³/mol. The molecule has 0 radical (unpaired) electrons. The Morgan fingerprint density at radius 3 is 1.54 bits per heavy atom. The van der Waals surface area contributed by atoms with E-state index in [1.807, 2.05) is 42.5 Å². The van der Waals surface area contributed by atoms with Crippen molar-refractivity contribution in [2.24, 2.45) is 34.6 Å². The molecule has 0 aliphatic carbocycles. The van der Waals surface area contributed by atoms with Crippen LogP contribution in [-0.2, 0) is 65.6 Å². The molecule has 0 saturated carbocycles. The third-order valence-electron chi connectivity index (χ3n) is 15.1. The Balaban J connectivity index is 2.12. The van der Waals surface area contributed by atoms with Gasteiger partial charge in [-0.3, -0.25) is 52.7 Å². The molecule has 1 heterocycles. The summed E-state index contributed by atoms with van der Waals surface area (Å²) in [6.45, 7) is 6.86. The summed E-state index contributed by atoms with van der Waals surface area (Å²) < 4.78 is 0. The van der Waals surface area contributed by atoms with Gasteiger partial charge in [0.25, 0.3) is 0 Å². The summed E-state index contributed by atoms with van der Waals surface area (Å²) in [5, 5.41) is 50.0. The van der Waals surface area contributed by atoms with E-state index in [0.29, 0.717) is 18.4 Å². The number of carbonyl (C=O) groups is 11. The molecule has 2 aromatic carbocycles. The number of nitrogens with two attached hydrogens (primary N) is 5. The maximum atomic E-state index is 14.7. The fourth-order valence-corrected chi connectivity index (χ4v) is 10.0. The highest BCUT2D eigenvalue weighted by molar-refractivity contribution is 5.99. The monoisotopic (exact) mass is 1280 g/mol. The van der Waals surface area contributed by atoms with E-state index in [4.69, 9.17) is 28.7 Å². The smallest absolute Gasteiger partial charge is 0.245 e. The van der Waals surface area contributed by atoms with Gasteiger partial charge in [-0.15, -0.1) is 0 Å². The molecule has 508 valence electrons. The standard InChI is InChI=1S/C62H102N16O13/c1-6-7-8-9-13-16-50(81)69-42(21-27-63)57(86)78-52(38(5)80)62(91)74-45(24-30-66)54(83)73-47-26-32-68-61(90)51(37(4)79)77-58(87)46(25-31-67)71-53(82)43(22-28-64)72-59(88)48(33-36(2)3)75-60(89)49(76-55(84)44(23-29-65)70-56(47)85)35-41-19-17-40(18-20-41)34-39-14-11-10-12-15-39/h10-12,14-15,17-20,36-38,42-49,51-52,79-80H,6-9,13,16,21-35,63-67H2,1-5H3,(H,68,90)(H,69,81)(H,70,85)(H,71,82)(H,72,88)(H,73,83)(H,74,91)(H,75,89)(H,76,84)(H,77,87)(H,78,86)/t37-,38-,42+,43+,44+,45+,46+,47+,48+,49-,51+,52+/m1/s1. The SMILES string of the molecule is CCCCCCCC(=O)N[C@@H](CCN)C(=O)N[C@H](C(=O)N[C@@H](CCN)C(=O)N[C@H]1CCNC(=O)[C@H]([C@@H](C)O)NC(=O)[C@H](CCN)NC(=O)[C@H](CCN)NC(=O)[C@H](CC(C)C)NC(=O)[C@@H](Cc2ccc(Cc3ccccc3)cc2)NC(=O)[C@H](CCN)NC1=O)[C@@H](C)O. The molecule has 0 aromatic heterocycles. The van der Waals surface area contributed by atoms with Crippen molar-refractivity contribution in [3.05, 3.63) is 71.3 Å². The summed E-state index contributed by atoms with van der Waals surface area (Å²) in [7, 11) is 0. The highest BCUT2D eigenvalue weighted by Crippen LogP contribution is 2.15. The minimum atomic E-state index is -1.70. The van der Waals surface area contributed by atoms with Gasteiger partial charge in [0, 0.05) is 19.4 Å². The third-order valence-corrected chi connectivity index (χ3v) is 15.1. The normalized spacial score (nSPS) is 21.8. The van der Waals surface area contributed by atoms with Crippen LogP contribution in [0.5, 0.6) is 0 Å². The minimum Gasteiger partial charge on any atom is -0.391 e. The van der Waals surface area contributed by atoms with Gasteiger partial charge in [0.15, 0.2) is 0 Å². The maximum absolute atomic E-state index is 14.7. The molecular formula is C62H102N16O13. The average molecular weight is 1280 g/mol. The molecule has 1 saturated heterocycles. The van der Waals surface area contributed by atoms with E-state index in [0.717, 1.165) is 36.8 Å². The van der Waals surface area contributed by atoms with Gasteiger partial charge < -0.3 is 97.4 Å². The molecule has 1 aliphatic heterocycles. The lowest BCUT2D eigenvalue weighted by atomic mass is 9.98. The summed E-state index contributed by atoms with van der Waals surface area (Å²) in [4.78, 5) is 155. The van der Waals surface area contributed by atoms with Crippen LogP contribution in [0.25, 0.3) is 0 Å². The number of benzene rings is 2. The highest BCUT2D eigenvalue weighted by atomic mass is 16.3. The van der Waals surface area contributed by atoms with Crippen LogP contribution in [-0.4, -0.2) is 187 Å². The molecule has 2 aromatic rings. The lowest BCUT2D eigenvalue weighted by molar-refractivity contribution is -0.137. The van der Waals surface area contributed by atoms with Crippen molar-refractivity contribution in [3.8, 4) is 0 Å². The van der Waals surface area contributed by atoms with Crippen LogP contribution in [0.1, 0.15) is 135 Å². The number of rotatable bonds is 31. The van der Waals surface area contributed by atoms with Crippen LogP contribution in [0.15, 0.2) is 54.6 Å².